The summed E-state index contributed by atoms with van der Waals surface area (Å²) in [5.41, 5.74) is 2.59. The van der Waals surface area contributed by atoms with Crippen LogP contribution in [0.25, 0.3) is 11.0 Å². The summed E-state index contributed by atoms with van der Waals surface area (Å²) in [5.74, 6) is -0.903. The van der Waals surface area contributed by atoms with Crippen molar-refractivity contribution in [2.24, 2.45) is 0 Å². The van der Waals surface area contributed by atoms with E-state index in [-0.39, 0.29) is 5.76 Å². The summed E-state index contributed by atoms with van der Waals surface area (Å²) in [5, 5.41) is 10.00. The fourth-order valence-electron chi connectivity index (χ4n) is 1.93. The topological polar surface area (TPSA) is 50.4 Å². The first-order chi connectivity index (χ1) is 7.63. The SMILES string of the molecule is CCCc1c(C(=O)O)oc2ccc(C)cc12. The summed E-state index contributed by atoms with van der Waals surface area (Å²) < 4.78 is 5.37. The molecule has 0 spiro atoms. The molecule has 1 heterocycles. The molecule has 0 unspecified atom stereocenters. The third kappa shape index (κ3) is 1.69. The minimum atomic E-state index is -0.989. The highest BCUT2D eigenvalue weighted by atomic mass is 16.4. The van der Waals surface area contributed by atoms with Crippen LogP contribution in [-0.2, 0) is 6.42 Å². The molecule has 0 bridgehead atoms. The average molecular weight is 218 g/mol. The van der Waals surface area contributed by atoms with E-state index in [1.807, 2.05) is 32.0 Å². The van der Waals surface area contributed by atoms with E-state index in [0.717, 1.165) is 29.4 Å². The van der Waals surface area contributed by atoms with Crippen molar-refractivity contribution in [2.75, 3.05) is 0 Å². The fraction of sp³-hybridized carbons (Fsp3) is 0.308. The third-order valence-electron chi connectivity index (χ3n) is 2.64. The van der Waals surface area contributed by atoms with Crippen molar-refractivity contribution in [3.05, 3.63) is 35.1 Å². The minimum absolute atomic E-state index is 0.0856. The summed E-state index contributed by atoms with van der Waals surface area (Å²) in [4.78, 5) is 11.1. The molecular formula is C13H14O3. The van der Waals surface area contributed by atoms with Crippen LogP contribution in [-0.4, -0.2) is 11.1 Å². The molecule has 3 nitrogen and oxygen atoms in total. The van der Waals surface area contributed by atoms with E-state index in [1.54, 1.807) is 0 Å². The largest absolute Gasteiger partial charge is 0.475 e. The lowest BCUT2D eigenvalue weighted by atomic mass is 10.0. The molecule has 16 heavy (non-hydrogen) atoms. The zero-order chi connectivity index (χ0) is 11.7. The molecular weight excluding hydrogens is 204 g/mol. The van der Waals surface area contributed by atoms with Gasteiger partial charge in [0, 0.05) is 10.9 Å². The van der Waals surface area contributed by atoms with Crippen LogP contribution < -0.4 is 0 Å². The molecule has 1 N–H and O–H groups in total. The number of rotatable bonds is 3. The van der Waals surface area contributed by atoms with Crippen LogP contribution in [0, 0.1) is 6.92 Å². The molecule has 0 radical (unpaired) electrons. The van der Waals surface area contributed by atoms with Gasteiger partial charge in [0.2, 0.25) is 5.76 Å². The van der Waals surface area contributed by atoms with E-state index >= 15 is 0 Å². The van der Waals surface area contributed by atoms with E-state index in [9.17, 15) is 4.79 Å². The van der Waals surface area contributed by atoms with E-state index < -0.39 is 5.97 Å². The maximum Gasteiger partial charge on any atom is 0.372 e. The van der Waals surface area contributed by atoms with E-state index in [2.05, 4.69) is 0 Å². The summed E-state index contributed by atoms with van der Waals surface area (Å²) in [6, 6.07) is 5.74. The Kier molecular flexibility index (Phi) is 2.69. The Morgan fingerprint density at radius 1 is 1.44 bits per heavy atom. The zero-order valence-corrected chi connectivity index (χ0v) is 9.41. The number of fused-ring (bicyclic) bond motifs is 1. The van der Waals surface area contributed by atoms with Crippen LogP contribution in [0.4, 0.5) is 0 Å². The number of hydrogen-bond acceptors (Lipinski definition) is 2. The van der Waals surface area contributed by atoms with Gasteiger partial charge in [-0.3, -0.25) is 0 Å². The van der Waals surface area contributed by atoms with Gasteiger partial charge >= 0.3 is 5.97 Å². The number of benzene rings is 1. The second-order valence-corrected chi connectivity index (χ2v) is 3.96. The van der Waals surface area contributed by atoms with Crippen molar-refractivity contribution >= 4 is 16.9 Å². The van der Waals surface area contributed by atoms with Gasteiger partial charge in [-0.2, -0.15) is 0 Å². The van der Waals surface area contributed by atoms with Crippen LogP contribution in [0.2, 0.25) is 0 Å². The molecule has 3 heteroatoms. The first-order valence-corrected chi connectivity index (χ1v) is 5.38. The van der Waals surface area contributed by atoms with Crippen LogP contribution >= 0.6 is 0 Å². The Balaban J connectivity index is 2.71. The standard InChI is InChI=1S/C13H14O3/c1-3-4-9-10-7-8(2)5-6-11(10)16-12(9)13(14)15/h5-7H,3-4H2,1-2H3,(H,14,15). The first kappa shape index (κ1) is 10.7. The Hall–Kier alpha value is -1.77. The van der Waals surface area contributed by atoms with Crippen LogP contribution in [0.5, 0.6) is 0 Å². The van der Waals surface area contributed by atoms with Gasteiger partial charge in [-0.05, 0) is 25.5 Å². The summed E-state index contributed by atoms with van der Waals surface area (Å²) in [7, 11) is 0. The van der Waals surface area contributed by atoms with E-state index in [0.29, 0.717) is 5.58 Å². The highest BCUT2D eigenvalue weighted by Crippen LogP contribution is 2.28. The molecule has 0 saturated carbocycles. The van der Waals surface area contributed by atoms with Gasteiger partial charge in [-0.15, -0.1) is 0 Å². The Bertz CT molecular complexity index is 537. The molecule has 0 saturated heterocycles. The van der Waals surface area contributed by atoms with Gasteiger partial charge in [0.1, 0.15) is 5.58 Å². The predicted molar refractivity (Wildman–Crippen MR) is 61.9 cm³/mol. The van der Waals surface area contributed by atoms with Gasteiger partial charge < -0.3 is 9.52 Å². The smallest absolute Gasteiger partial charge is 0.372 e. The van der Waals surface area contributed by atoms with Crippen molar-refractivity contribution in [3.8, 4) is 0 Å². The summed E-state index contributed by atoms with van der Waals surface area (Å²) in [6.45, 7) is 4.02. The molecule has 1 aromatic carbocycles. The highest BCUT2D eigenvalue weighted by molar-refractivity contribution is 5.95. The lowest BCUT2D eigenvalue weighted by molar-refractivity contribution is 0.0663. The van der Waals surface area contributed by atoms with Crippen molar-refractivity contribution in [1.29, 1.82) is 0 Å². The normalized spacial score (nSPS) is 10.9. The van der Waals surface area contributed by atoms with E-state index in [1.165, 1.54) is 0 Å². The molecule has 0 aliphatic rings. The number of carbonyl (C=O) groups is 1. The molecule has 0 fully saturated rings. The fourth-order valence-corrected chi connectivity index (χ4v) is 1.93. The number of carboxylic acids is 1. The van der Waals surface area contributed by atoms with Crippen molar-refractivity contribution in [2.45, 2.75) is 26.7 Å². The van der Waals surface area contributed by atoms with Gasteiger partial charge in [0.05, 0.1) is 0 Å². The minimum Gasteiger partial charge on any atom is -0.475 e. The Morgan fingerprint density at radius 3 is 2.81 bits per heavy atom. The lowest BCUT2D eigenvalue weighted by Crippen LogP contribution is -1.98. The van der Waals surface area contributed by atoms with Crippen molar-refractivity contribution in [1.82, 2.24) is 0 Å². The number of aromatic carboxylic acids is 1. The Morgan fingerprint density at radius 2 is 2.19 bits per heavy atom. The van der Waals surface area contributed by atoms with Crippen molar-refractivity contribution in [3.63, 3.8) is 0 Å². The molecule has 0 atom stereocenters. The van der Waals surface area contributed by atoms with Crippen LogP contribution in [0.1, 0.15) is 35.0 Å². The Labute approximate surface area is 93.7 Å². The van der Waals surface area contributed by atoms with Gasteiger partial charge in [0.15, 0.2) is 0 Å². The quantitative estimate of drug-likeness (QED) is 0.859. The van der Waals surface area contributed by atoms with E-state index in [4.69, 9.17) is 9.52 Å². The highest BCUT2D eigenvalue weighted by Gasteiger charge is 2.18. The molecule has 1 aromatic heterocycles. The third-order valence-corrected chi connectivity index (χ3v) is 2.64. The van der Waals surface area contributed by atoms with Crippen LogP contribution in [0.15, 0.2) is 22.6 Å². The second kappa shape index (κ2) is 4.00. The molecule has 0 aliphatic carbocycles. The number of carboxylic acid groups (broad SMARTS) is 1. The molecule has 0 aliphatic heterocycles. The van der Waals surface area contributed by atoms with Crippen LogP contribution in [0.3, 0.4) is 0 Å². The predicted octanol–water partition coefficient (Wildman–Crippen LogP) is 3.39. The number of furan rings is 1. The van der Waals surface area contributed by atoms with Gasteiger partial charge in [0.25, 0.3) is 0 Å². The lowest BCUT2D eigenvalue weighted by Gasteiger charge is -1.97. The average Bonchev–Trinajstić information content (AvgIpc) is 2.58. The molecule has 84 valence electrons. The molecule has 2 rings (SSSR count). The first-order valence-electron chi connectivity index (χ1n) is 5.38. The second-order valence-electron chi connectivity index (χ2n) is 3.96. The monoisotopic (exact) mass is 218 g/mol. The summed E-state index contributed by atoms with van der Waals surface area (Å²) >= 11 is 0. The summed E-state index contributed by atoms with van der Waals surface area (Å²) in [6.07, 6.45) is 1.64. The maximum absolute atomic E-state index is 11.1. The zero-order valence-electron chi connectivity index (χ0n) is 9.41. The molecule has 2 aromatic rings. The number of hydrogen-bond donors (Lipinski definition) is 1. The van der Waals surface area contributed by atoms with Gasteiger partial charge in [-0.25, -0.2) is 4.79 Å². The number of aryl methyl sites for hydroxylation is 2. The maximum atomic E-state index is 11.1. The molecule has 0 amide bonds. The van der Waals surface area contributed by atoms with Gasteiger partial charge in [-0.1, -0.05) is 25.0 Å². The van der Waals surface area contributed by atoms with Crippen molar-refractivity contribution < 1.29 is 14.3 Å².